The first-order valence-corrected chi connectivity index (χ1v) is 3.74. The van der Waals surface area contributed by atoms with Gasteiger partial charge in [0.25, 0.3) is 0 Å². The molecule has 1 aromatic rings. The fraction of sp³-hybridized carbons (Fsp3) is 0.250. The summed E-state index contributed by atoms with van der Waals surface area (Å²) in [7, 11) is 1.75. The summed E-state index contributed by atoms with van der Waals surface area (Å²) in [6, 6.07) is 6.09. The molecule has 3 heteroatoms. The van der Waals surface area contributed by atoms with Gasteiger partial charge >= 0.3 is 0 Å². The molecule has 0 spiro atoms. The molecular weight excluding hydrogens is 165 g/mol. The molecule has 0 heterocycles. The van der Waals surface area contributed by atoms with E-state index in [-0.39, 0.29) is 11.3 Å². The van der Waals surface area contributed by atoms with Gasteiger partial charge in [0.1, 0.15) is 11.3 Å². The van der Waals surface area contributed by atoms with Crippen molar-refractivity contribution >= 4 is 11.6 Å². The zero-order valence-corrected chi connectivity index (χ0v) is 6.90. The van der Waals surface area contributed by atoms with Crippen molar-refractivity contribution in [2.75, 3.05) is 7.05 Å². The Balaban J connectivity index is 2.81. The summed E-state index contributed by atoms with van der Waals surface area (Å²) in [5.41, 5.74) is 0.631. The molecule has 1 atom stereocenters. The van der Waals surface area contributed by atoms with Gasteiger partial charge in [-0.1, -0.05) is 12.1 Å². The van der Waals surface area contributed by atoms with Crippen LogP contribution in [0.1, 0.15) is 11.1 Å². The predicted molar refractivity (Wildman–Crippen MR) is 44.1 cm³/mol. The lowest BCUT2D eigenvalue weighted by Crippen LogP contribution is -2.09. The molecule has 1 nitrogen and oxygen atoms in total. The number of halogens is 2. The Bertz CT molecular complexity index is 222. The van der Waals surface area contributed by atoms with Crippen molar-refractivity contribution < 1.29 is 4.39 Å². The quantitative estimate of drug-likeness (QED) is 0.535. The van der Waals surface area contributed by atoms with Crippen molar-refractivity contribution in [1.82, 2.24) is 5.32 Å². The molecule has 0 aliphatic carbocycles. The fourth-order valence-corrected chi connectivity index (χ4v) is 0.944. The van der Waals surface area contributed by atoms with Crippen LogP contribution < -0.4 is 5.32 Å². The highest BCUT2D eigenvalue weighted by atomic mass is 35.5. The zero-order valence-electron chi connectivity index (χ0n) is 6.14. The Hall–Kier alpha value is -0.600. The molecule has 0 radical (unpaired) electrons. The summed E-state index contributed by atoms with van der Waals surface area (Å²) in [6.07, 6.45) is 0. The van der Waals surface area contributed by atoms with Gasteiger partial charge in [-0.25, -0.2) is 4.39 Å². The Kier molecular flexibility index (Phi) is 2.85. The van der Waals surface area contributed by atoms with Crippen molar-refractivity contribution in [3.63, 3.8) is 0 Å². The van der Waals surface area contributed by atoms with Gasteiger partial charge < -0.3 is 5.32 Å². The van der Waals surface area contributed by atoms with E-state index in [0.717, 1.165) is 5.56 Å². The molecular formula is C8H9ClFN. The van der Waals surface area contributed by atoms with E-state index in [0.29, 0.717) is 0 Å². The summed E-state index contributed by atoms with van der Waals surface area (Å²) in [4.78, 5) is 0. The summed E-state index contributed by atoms with van der Waals surface area (Å²) in [5, 5.41) is 2.84. The Morgan fingerprint density at radius 1 is 1.36 bits per heavy atom. The molecule has 0 fully saturated rings. The summed E-state index contributed by atoms with van der Waals surface area (Å²) in [5.74, 6) is -0.242. The highest BCUT2D eigenvalue weighted by molar-refractivity contribution is 6.20. The maximum Gasteiger partial charge on any atom is 0.123 e. The van der Waals surface area contributed by atoms with E-state index in [1.165, 1.54) is 12.1 Å². The molecule has 60 valence electrons. The number of rotatable bonds is 2. The summed E-state index contributed by atoms with van der Waals surface area (Å²) in [6.45, 7) is 0. The minimum absolute atomic E-state index is 0.240. The van der Waals surface area contributed by atoms with Crippen molar-refractivity contribution in [2.45, 2.75) is 5.50 Å². The monoisotopic (exact) mass is 173 g/mol. The molecule has 0 amide bonds. The molecule has 0 aliphatic rings. The number of hydrogen-bond donors (Lipinski definition) is 1. The van der Waals surface area contributed by atoms with Crippen LogP contribution in [0, 0.1) is 5.82 Å². The van der Waals surface area contributed by atoms with Crippen molar-refractivity contribution in [3.8, 4) is 0 Å². The number of alkyl halides is 1. The molecule has 1 aromatic carbocycles. The van der Waals surface area contributed by atoms with Gasteiger partial charge in [-0.15, -0.1) is 11.6 Å². The highest BCUT2D eigenvalue weighted by Gasteiger charge is 2.02. The van der Waals surface area contributed by atoms with Crippen LogP contribution in [0.5, 0.6) is 0 Å². The van der Waals surface area contributed by atoms with E-state index in [1.54, 1.807) is 19.2 Å². The largest absolute Gasteiger partial charge is 0.301 e. The van der Waals surface area contributed by atoms with Gasteiger partial charge in [0, 0.05) is 0 Å². The average Bonchev–Trinajstić information content (AvgIpc) is 2.05. The molecule has 0 bridgehead atoms. The molecule has 0 aliphatic heterocycles. The second-order valence-corrected chi connectivity index (χ2v) is 2.64. The van der Waals surface area contributed by atoms with E-state index in [1.807, 2.05) is 0 Å². The standard InChI is InChI=1S/C8H9ClFN/c1-11-8(9)6-2-4-7(10)5-3-6/h2-5,8,11H,1H3. The first-order valence-electron chi connectivity index (χ1n) is 3.31. The lowest BCUT2D eigenvalue weighted by molar-refractivity contribution is 0.626. The van der Waals surface area contributed by atoms with Gasteiger partial charge in [0.2, 0.25) is 0 Å². The minimum atomic E-state index is -0.242. The van der Waals surface area contributed by atoms with Gasteiger partial charge in [-0.3, -0.25) is 0 Å². The van der Waals surface area contributed by atoms with Crippen LogP contribution in [0.4, 0.5) is 4.39 Å². The molecule has 1 unspecified atom stereocenters. The molecule has 0 aromatic heterocycles. The van der Waals surface area contributed by atoms with Crippen LogP contribution in [-0.4, -0.2) is 7.05 Å². The SMILES string of the molecule is CNC(Cl)c1ccc(F)cc1. The maximum absolute atomic E-state index is 12.4. The first-order chi connectivity index (χ1) is 5.24. The van der Waals surface area contributed by atoms with Gasteiger partial charge in [0.15, 0.2) is 0 Å². The topological polar surface area (TPSA) is 12.0 Å². The Morgan fingerprint density at radius 2 is 1.91 bits per heavy atom. The number of benzene rings is 1. The van der Waals surface area contributed by atoms with Gasteiger partial charge in [-0.05, 0) is 24.7 Å². The second-order valence-electron chi connectivity index (χ2n) is 2.20. The van der Waals surface area contributed by atoms with E-state index in [2.05, 4.69) is 5.32 Å². The lowest BCUT2D eigenvalue weighted by atomic mass is 10.2. The van der Waals surface area contributed by atoms with Crippen molar-refractivity contribution in [2.24, 2.45) is 0 Å². The van der Waals surface area contributed by atoms with Crippen LogP contribution in [-0.2, 0) is 0 Å². The summed E-state index contributed by atoms with van der Waals surface area (Å²) >= 11 is 5.81. The van der Waals surface area contributed by atoms with Crippen molar-refractivity contribution in [1.29, 1.82) is 0 Å². The fourth-order valence-electron chi connectivity index (χ4n) is 0.798. The third-order valence-corrected chi connectivity index (χ3v) is 1.89. The zero-order chi connectivity index (χ0) is 8.27. The summed E-state index contributed by atoms with van der Waals surface area (Å²) < 4.78 is 12.4. The van der Waals surface area contributed by atoms with E-state index in [4.69, 9.17) is 11.6 Å². The van der Waals surface area contributed by atoms with E-state index in [9.17, 15) is 4.39 Å². The van der Waals surface area contributed by atoms with Crippen LogP contribution in [0.3, 0.4) is 0 Å². The van der Waals surface area contributed by atoms with Crippen molar-refractivity contribution in [3.05, 3.63) is 35.6 Å². The predicted octanol–water partition coefficient (Wildman–Crippen LogP) is 2.28. The molecule has 11 heavy (non-hydrogen) atoms. The maximum atomic E-state index is 12.4. The Labute approximate surface area is 70.2 Å². The molecule has 1 rings (SSSR count). The molecule has 0 saturated carbocycles. The Morgan fingerprint density at radius 3 is 2.36 bits per heavy atom. The molecule has 1 N–H and O–H groups in total. The lowest BCUT2D eigenvalue weighted by Gasteiger charge is -2.06. The van der Waals surface area contributed by atoms with Crippen LogP contribution >= 0.6 is 11.6 Å². The highest BCUT2D eigenvalue weighted by Crippen LogP contribution is 2.16. The van der Waals surface area contributed by atoms with Crippen LogP contribution in [0.25, 0.3) is 0 Å². The third kappa shape index (κ3) is 2.17. The van der Waals surface area contributed by atoms with E-state index >= 15 is 0 Å². The second kappa shape index (κ2) is 3.69. The van der Waals surface area contributed by atoms with Gasteiger partial charge in [0.05, 0.1) is 0 Å². The van der Waals surface area contributed by atoms with Crippen LogP contribution in [0.2, 0.25) is 0 Å². The smallest absolute Gasteiger partial charge is 0.123 e. The van der Waals surface area contributed by atoms with E-state index < -0.39 is 0 Å². The normalized spacial score (nSPS) is 13.0. The molecule has 0 saturated heterocycles. The third-order valence-electron chi connectivity index (χ3n) is 1.42. The number of nitrogens with one attached hydrogen (secondary N) is 1. The first kappa shape index (κ1) is 8.50. The number of hydrogen-bond acceptors (Lipinski definition) is 1. The van der Waals surface area contributed by atoms with Crippen LogP contribution in [0.15, 0.2) is 24.3 Å². The minimum Gasteiger partial charge on any atom is -0.301 e. The average molecular weight is 174 g/mol. The van der Waals surface area contributed by atoms with Gasteiger partial charge in [-0.2, -0.15) is 0 Å².